The molecule has 3 aliphatic heterocycles. The molecule has 6 nitrogen and oxygen atoms in total. The monoisotopic (exact) mass is 376 g/mol. The number of hydrogen-bond donors (Lipinski definition) is 0. The first kappa shape index (κ1) is 17.4. The maximum Gasteiger partial charge on any atom is 0.243 e. The maximum atomic E-state index is 13.3. The molecule has 1 aromatic heterocycles. The maximum absolute atomic E-state index is 13.3. The highest BCUT2D eigenvalue weighted by Gasteiger charge is 2.51. The Hall–Kier alpha value is -2.06. The standard InChI is InChI=1S/C18H21FN4O2S/c1-11-6-14(19)4-5-17(11)26(24,25)23-15-7-16(23)9-22(8-15)18-12(2)13(3)20-10-21-18/h4-6,10,15-16H,7-9H2,1-3H3. The number of aryl methyl sites for hydroxylation is 2. The van der Waals surface area contributed by atoms with Gasteiger partial charge in [0.25, 0.3) is 0 Å². The van der Waals surface area contributed by atoms with Gasteiger partial charge < -0.3 is 4.90 Å². The van der Waals surface area contributed by atoms with Gasteiger partial charge in [-0.25, -0.2) is 22.8 Å². The van der Waals surface area contributed by atoms with Crippen LogP contribution in [0.15, 0.2) is 29.4 Å². The van der Waals surface area contributed by atoms with Gasteiger partial charge in [-0.3, -0.25) is 0 Å². The first-order valence-corrected chi connectivity index (χ1v) is 10.1. The Morgan fingerprint density at radius 2 is 1.81 bits per heavy atom. The number of hydrogen-bond acceptors (Lipinski definition) is 5. The number of piperazine rings is 1. The number of fused-ring (bicyclic) bond motifs is 2. The summed E-state index contributed by atoms with van der Waals surface area (Å²) in [6.45, 7) is 6.77. The Balaban J connectivity index is 1.60. The molecule has 0 amide bonds. The van der Waals surface area contributed by atoms with Gasteiger partial charge in [0.05, 0.1) is 4.90 Å². The minimum Gasteiger partial charge on any atom is -0.353 e. The summed E-state index contributed by atoms with van der Waals surface area (Å²) in [4.78, 5) is 10.9. The first-order chi connectivity index (χ1) is 12.3. The van der Waals surface area contributed by atoms with E-state index in [1.165, 1.54) is 18.2 Å². The van der Waals surface area contributed by atoms with Crippen LogP contribution in [0.4, 0.5) is 10.2 Å². The van der Waals surface area contributed by atoms with Gasteiger partial charge in [0.2, 0.25) is 10.0 Å². The van der Waals surface area contributed by atoms with Crippen LogP contribution in [-0.2, 0) is 10.0 Å². The summed E-state index contributed by atoms with van der Waals surface area (Å²) in [7, 11) is -3.63. The number of sulfonamides is 1. The van der Waals surface area contributed by atoms with Crippen LogP contribution >= 0.6 is 0 Å². The lowest BCUT2D eigenvalue weighted by Gasteiger charge is -2.55. The molecule has 3 fully saturated rings. The van der Waals surface area contributed by atoms with Crippen LogP contribution < -0.4 is 4.90 Å². The third-order valence-electron chi connectivity index (χ3n) is 5.43. The summed E-state index contributed by atoms with van der Waals surface area (Å²) < 4.78 is 41.1. The molecular formula is C18H21FN4O2S. The van der Waals surface area contributed by atoms with Crippen molar-refractivity contribution in [2.24, 2.45) is 0 Å². The van der Waals surface area contributed by atoms with Crippen LogP contribution in [0.2, 0.25) is 0 Å². The van der Waals surface area contributed by atoms with Crippen molar-refractivity contribution in [3.05, 3.63) is 47.2 Å². The molecule has 8 heteroatoms. The number of halogens is 1. The van der Waals surface area contributed by atoms with Crippen molar-refractivity contribution in [3.8, 4) is 0 Å². The van der Waals surface area contributed by atoms with Crippen molar-refractivity contribution in [1.82, 2.24) is 14.3 Å². The molecule has 2 aromatic rings. The van der Waals surface area contributed by atoms with Gasteiger partial charge in [-0.15, -0.1) is 0 Å². The fourth-order valence-electron chi connectivity index (χ4n) is 4.00. The molecule has 26 heavy (non-hydrogen) atoms. The number of rotatable bonds is 3. The topological polar surface area (TPSA) is 66.4 Å². The van der Waals surface area contributed by atoms with Crippen LogP contribution in [0, 0.1) is 26.6 Å². The molecule has 1 aromatic carbocycles. The Labute approximate surface area is 152 Å². The number of aromatic nitrogens is 2. The van der Waals surface area contributed by atoms with Crippen molar-refractivity contribution >= 4 is 15.8 Å². The van der Waals surface area contributed by atoms with Gasteiger partial charge in [-0.1, -0.05) is 0 Å². The van der Waals surface area contributed by atoms with Gasteiger partial charge in [0.1, 0.15) is 18.0 Å². The molecule has 5 rings (SSSR count). The molecule has 2 atom stereocenters. The van der Waals surface area contributed by atoms with E-state index in [9.17, 15) is 12.8 Å². The highest BCUT2D eigenvalue weighted by atomic mass is 32.2. The average molecular weight is 376 g/mol. The Morgan fingerprint density at radius 3 is 2.46 bits per heavy atom. The van der Waals surface area contributed by atoms with Crippen molar-refractivity contribution in [1.29, 1.82) is 0 Å². The summed E-state index contributed by atoms with van der Waals surface area (Å²) in [6, 6.07) is 3.66. The van der Waals surface area contributed by atoms with Crippen LogP contribution in [0.3, 0.4) is 0 Å². The van der Waals surface area contributed by atoms with Crippen LogP contribution in [-0.4, -0.2) is 47.9 Å². The van der Waals surface area contributed by atoms with E-state index in [1.54, 1.807) is 17.6 Å². The number of nitrogens with zero attached hydrogens (tertiary/aromatic N) is 4. The molecular weight excluding hydrogens is 355 g/mol. The van der Waals surface area contributed by atoms with Gasteiger partial charge >= 0.3 is 0 Å². The zero-order valence-electron chi connectivity index (χ0n) is 15.0. The van der Waals surface area contributed by atoms with Crippen LogP contribution in [0.5, 0.6) is 0 Å². The lowest BCUT2D eigenvalue weighted by molar-refractivity contribution is 0.0873. The molecule has 0 spiro atoms. The molecule has 0 aliphatic carbocycles. The third-order valence-corrected chi connectivity index (χ3v) is 7.59. The van der Waals surface area contributed by atoms with Gasteiger partial charge in [0.15, 0.2) is 0 Å². The first-order valence-electron chi connectivity index (χ1n) is 8.62. The lowest BCUT2D eigenvalue weighted by atomic mass is 9.91. The van der Waals surface area contributed by atoms with Crippen LogP contribution in [0.1, 0.15) is 23.2 Å². The molecule has 2 bridgehead atoms. The molecule has 2 unspecified atom stereocenters. The summed E-state index contributed by atoms with van der Waals surface area (Å²) in [5.41, 5.74) is 2.40. The fourth-order valence-corrected chi connectivity index (χ4v) is 6.02. The summed E-state index contributed by atoms with van der Waals surface area (Å²) in [6.07, 6.45) is 2.40. The molecule has 0 radical (unpaired) electrons. The third kappa shape index (κ3) is 2.59. The van der Waals surface area contributed by atoms with E-state index in [4.69, 9.17) is 0 Å². The fraction of sp³-hybridized carbons (Fsp3) is 0.444. The molecule has 3 saturated heterocycles. The van der Waals surface area contributed by atoms with Gasteiger partial charge in [0, 0.05) is 36.4 Å². The highest BCUT2D eigenvalue weighted by Crippen LogP contribution is 2.39. The quantitative estimate of drug-likeness (QED) is 0.822. The minimum absolute atomic E-state index is 0.0853. The van der Waals surface area contributed by atoms with Crippen LogP contribution in [0.25, 0.3) is 0 Å². The van der Waals surface area contributed by atoms with E-state index >= 15 is 0 Å². The smallest absolute Gasteiger partial charge is 0.243 e. The molecule has 0 N–H and O–H groups in total. The van der Waals surface area contributed by atoms with Crippen molar-refractivity contribution < 1.29 is 12.8 Å². The minimum atomic E-state index is -3.63. The number of benzene rings is 1. The number of anilines is 1. The van der Waals surface area contributed by atoms with Crippen molar-refractivity contribution in [2.45, 2.75) is 44.2 Å². The molecule has 3 aliphatic rings. The summed E-state index contributed by atoms with van der Waals surface area (Å²) in [5, 5.41) is 0. The SMILES string of the molecule is Cc1cc(F)ccc1S(=O)(=O)N1C2CC1CN(c1ncnc(C)c1C)C2. The molecule has 4 heterocycles. The Morgan fingerprint density at radius 1 is 1.12 bits per heavy atom. The van der Waals surface area contributed by atoms with Crippen molar-refractivity contribution in [2.75, 3.05) is 18.0 Å². The Bertz CT molecular complexity index is 967. The second-order valence-electron chi connectivity index (χ2n) is 7.10. The second-order valence-corrected chi connectivity index (χ2v) is 8.91. The number of piperidine rings is 1. The normalized spacial score (nSPS) is 23.0. The molecule has 0 saturated carbocycles. The highest BCUT2D eigenvalue weighted by molar-refractivity contribution is 7.89. The lowest BCUT2D eigenvalue weighted by Crippen LogP contribution is -2.70. The summed E-state index contributed by atoms with van der Waals surface area (Å²) in [5.74, 6) is 0.452. The van der Waals surface area contributed by atoms with E-state index in [0.29, 0.717) is 18.7 Å². The Kier molecular flexibility index (Phi) is 4.00. The van der Waals surface area contributed by atoms with E-state index in [2.05, 4.69) is 14.9 Å². The van der Waals surface area contributed by atoms with Gasteiger partial charge in [-0.2, -0.15) is 4.31 Å². The zero-order valence-corrected chi connectivity index (χ0v) is 15.8. The average Bonchev–Trinajstić information content (AvgIpc) is 2.56. The van der Waals surface area contributed by atoms with Crippen molar-refractivity contribution in [3.63, 3.8) is 0 Å². The predicted molar refractivity (Wildman–Crippen MR) is 96.1 cm³/mol. The van der Waals surface area contributed by atoms with Gasteiger partial charge in [-0.05, 0) is 51.0 Å². The van der Waals surface area contributed by atoms with E-state index < -0.39 is 15.8 Å². The largest absolute Gasteiger partial charge is 0.353 e. The second kappa shape index (κ2) is 5.99. The predicted octanol–water partition coefficient (Wildman–Crippen LogP) is 2.19. The zero-order chi connectivity index (χ0) is 18.6. The van der Waals surface area contributed by atoms with E-state index in [-0.39, 0.29) is 17.0 Å². The van der Waals surface area contributed by atoms with E-state index in [1.807, 2.05) is 13.8 Å². The summed E-state index contributed by atoms with van der Waals surface area (Å²) >= 11 is 0. The molecule has 138 valence electrons. The van der Waals surface area contributed by atoms with E-state index in [0.717, 1.165) is 23.5 Å².